The molecular formula is C19H18ClNO3S. The molecule has 4 nitrogen and oxygen atoms in total. The highest BCUT2D eigenvalue weighted by Gasteiger charge is 2.38. The maximum atomic E-state index is 12.3. The highest BCUT2D eigenvalue weighted by molar-refractivity contribution is 7.17. The van der Waals surface area contributed by atoms with E-state index in [1.807, 2.05) is 30.1 Å². The number of thiophene rings is 1. The molecule has 2 heterocycles. The molecule has 1 aliphatic rings. The normalized spacial score (nSPS) is 16.8. The van der Waals surface area contributed by atoms with Crippen LogP contribution in [-0.4, -0.2) is 25.4 Å². The molecule has 0 amide bonds. The molecule has 6 heteroatoms. The Hall–Kier alpha value is -2.11. The molecule has 130 valence electrons. The van der Waals surface area contributed by atoms with E-state index >= 15 is 0 Å². The molecule has 0 saturated carbocycles. The van der Waals surface area contributed by atoms with Crippen molar-refractivity contribution < 1.29 is 14.3 Å². The molecule has 1 aliphatic heterocycles. The van der Waals surface area contributed by atoms with Crippen molar-refractivity contribution in [1.29, 1.82) is 0 Å². The Morgan fingerprint density at radius 1 is 1.24 bits per heavy atom. The van der Waals surface area contributed by atoms with Gasteiger partial charge < -0.3 is 9.64 Å². The Labute approximate surface area is 155 Å². The Balaban J connectivity index is 1.72. The Morgan fingerprint density at radius 3 is 2.60 bits per heavy atom. The highest BCUT2D eigenvalue weighted by Crippen LogP contribution is 2.46. The minimum atomic E-state index is -0.536. The van der Waals surface area contributed by atoms with Gasteiger partial charge in [0.25, 0.3) is 0 Å². The van der Waals surface area contributed by atoms with Crippen LogP contribution in [0.3, 0.4) is 0 Å². The van der Waals surface area contributed by atoms with Gasteiger partial charge in [0.15, 0.2) is 12.4 Å². The van der Waals surface area contributed by atoms with Gasteiger partial charge >= 0.3 is 5.97 Å². The standard InChI is InChI=1S/C19H18ClNO3S/c1-19(2)13-6-4-5-7-14(13)21(3)16(19)10-12(22)11-24-18(23)15-8-9-17(20)25-15/h4-10H,11H2,1-3H3. The van der Waals surface area contributed by atoms with Crippen LogP contribution >= 0.6 is 22.9 Å². The summed E-state index contributed by atoms with van der Waals surface area (Å²) in [6.45, 7) is 3.86. The quantitative estimate of drug-likeness (QED) is 0.585. The topological polar surface area (TPSA) is 46.6 Å². The monoisotopic (exact) mass is 375 g/mol. The van der Waals surface area contributed by atoms with Gasteiger partial charge in [-0.05, 0) is 23.8 Å². The third-order valence-electron chi connectivity index (χ3n) is 4.36. The highest BCUT2D eigenvalue weighted by atomic mass is 35.5. The van der Waals surface area contributed by atoms with Gasteiger partial charge in [-0.25, -0.2) is 4.79 Å². The van der Waals surface area contributed by atoms with Crippen LogP contribution in [0.15, 0.2) is 48.2 Å². The largest absolute Gasteiger partial charge is 0.453 e. The molecule has 0 unspecified atom stereocenters. The molecule has 25 heavy (non-hydrogen) atoms. The van der Waals surface area contributed by atoms with Crippen molar-refractivity contribution in [2.24, 2.45) is 0 Å². The Bertz CT molecular complexity index is 869. The molecule has 0 spiro atoms. The van der Waals surface area contributed by atoms with Crippen LogP contribution in [0.2, 0.25) is 4.34 Å². The zero-order valence-electron chi connectivity index (χ0n) is 14.2. The molecule has 0 atom stereocenters. The number of rotatable bonds is 4. The predicted octanol–water partition coefficient (Wildman–Crippen LogP) is 4.44. The fourth-order valence-corrected chi connectivity index (χ4v) is 4.02. The van der Waals surface area contributed by atoms with Gasteiger partial charge in [0.05, 0.1) is 4.34 Å². The lowest BCUT2D eigenvalue weighted by atomic mass is 9.83. The molecule has 0 saturated heterocycles. The number of carbonyl (C=O) groups is 2. The van der Waals surface area contributed by atoms with Crippen LogP contribution in [0.5, 0.6) is 0 Å². The lowest BCUT2D eigenvalue weighted by Crippen LogP contribution is -2.25. The van der Waals surface area contributed by atoms with Gasteiger partial charge in [0, 0.05) is 29.9 Å². The van der Waals surface area contributed by atoms with Crippen LogP contribution < -0.4 is 4.90 Å². The van der Waals surface area contributed by atoms with E-state index in [1.165, 1.54) is 5.56 Å². The van der Waals surface area contributed by atoms with E-state index in [9.17, 15) is 9.59 Å². The third kappa shape index (κ3) is 3.34. The van der Waals surface area contributed by atoms with E-state index < -0.39 is 5.97 Å². The van der Waals surface area contributed by atoms with Crippen LogP contribution in [0, 0.1) is 0 Å². The molecule has 0 radical (unpaired) electrons. The summed E-state index contributed by atoms with van der Waals surface area (Å²) >= 11 is 6.93. The summed E-state index contributed by atoms with van der Waals surface area (Å²) in [6.07, 6.45) is 1.56. The SMILES string of the molecule is CN1C(=CC(=O)COC(=O)c2ccc(Cl)s2)C(C)(C)c2ccccc21. The van der Waals surface area contributed by atoms with E-state index in [1.54, 1.807) is 18.2 Å². The van der Waals surface area contributed by atoms with Crippen molar-refractivity contribution in [2.75, 3.05) is 18.6 Å². The van der Waals surface area contributed by atoms with Gasteiger partial charge in [0.1, 0.15) is 4.88 Å². The van der Waals surface area contributed by atoms with E-state index in [2.05, 4.69) is 19.9 Å². The van der Waals surface area contributed by atoms with E-state index in [-0.39, 0.29) is 17.8 Å². The van der Waals surface area contributed by atoms with Gasteiger partial charge in [-0.2, -0.15) is 0 Å². The fourth-order valence-electron chi connectivity index (χ4n) is 3.08. The number of ether oxygens (including phenoxy) is 1. The van der Waals surface area contributed by atoms with Crippen molar-refractivity contribution in [2.45, 2.75) is 19.3 Å². The van der Waals surface area contributed by atoms with Crippen molar-refractivity contribution in [3.8, 4) is 0 Å². The number of para-hydroxylation sites is 1. The number of benzene rings is 1. The molecule has 2 aromatic rings. The molecule has 0 fully saturated rings. The molecular weight excluding hydrogens is 358 g/mol. The van der Waals surface area contributed by atoms with Crippen molar-refractivity contribution in [3.05, 3.63) is 62.9 Å². The molecule has 1 aromatic heterocycles. The zero-order chi connectivity index (χ0) is 18.2. The first-order chi connectivity index (χ1) is 11.8. The number of ketones is 1. The minimum absolute atomic E-state index is 0.251. The molecule has 0 N–H and O–H groups in total. The zero-order valence-corrected chi connectivity index (χ0v) is 15.8. The number of hydrogen-bond donors (Lipinski definition) is 0. The second-order valence-electron chi connectivity index (χ2n) is 6.38. The molecule has 0 bridgehead atoms. The lowest BCUT2D eigenvalue weighted by molar-refractivity contribution is -0.117. The minimum Gasteiger partial charge on any atom is -0.453 e. The van der Waals surface area contributed by atoms with Gasteiger partial charge in [-0.1, -0.05) is 43.6 Å². The molecule has 3 rings (SSSR count). The number of anilines is 1. The van der Waals surface area contributed by atoms with Crippen LogP contribution in [0.25, 0.3) is 0 Å². The maximum Gasteiger partial charge on any atom is 0.348 e. The Kier molecular flexibility index (Phi) is 4.71. The number of carbonyl (C=O) groups excluding carboxylic acids is 2. The lowest BCUT2D eigenvalue weighted by Gasteiger charge is -2.23. The first-order valence-electron chi connectivity index (χ1n) is 7.81. The summed E-state index contributed by atoms with van der Waals surface area (Å²) in [6, 6.07) is 11.3. The van der Waals surface area contributed by atoms with Gasteiger partial charge in [-0.15, -0.1) is 11.3 Å². The summed E-state index contributed by atoms with van der Waals surface area (Å²) in [7, 11) is 1.94. The Morgan fingerprint density at radius 2 is 1.96 bits per heavy atom. The van der Waals surface area contributed by atoms with Gasteiger partial charge in [-0.3, -0.25) is 4.79 Å². The number of esters is 1. The summed E-state index contributed by atoms with van der Waals surface area (Å²) in [4.78, 5) is 26.6. The van der Waals surface area contributed by atoms with E-state index in [0.29, 0.717) is 9.21 Å². The second kappa shape index (κ2) is 6.65. The van der Waals surface area contributed by atoms with Crippen molar-refractivity contribution >= 4 is 40.4 Å². The summed E-state index contributed by atoms with van der Waals surface area (Å²) < 4.78 is 5.60. The van der Waals surface area contributed by atoms with E-state index in [4.69, 9.17) is 16.3 Å². The number of halogens is 1. The smallest absolute Gasteiger partial charge is 0.348 e. The molecule has 1 aromatic carbocycles. The number of likely N-dealkylation sites (N-methyl/N-ethyl adjacent to an activating group) is 1. The third-order valence-corrected chi connectivity index (χ3v) is 5.57. The van der Waals surface area contributed by atoms with Crippen LogP contribution in [-0.2, 0) is 14.9 Å². The summed E-state index contributed by atoms with van der Waals surface area (Å²) in [5.41, 5.74) is 2.85. The van der Waals surface area contributed by atoms with E-state index in [0.717, 1.165) is 22.7 Å². The predicted molar refractivity (Wildman–Crippen MR) is 101 cm³/mol. The van der Waals surface area contributed by atoms with Crippen LogP contribution in [0.1, 0.15) is 29.1 Å². The van der Waals surface area contributed by atoms with Crippen molar-refractivity contribution in [3.63, 3.8) is 0 Å². The second-order valence-corrected chi connectivity index (χ2v) is 8.09. The number of hydrogen-bond acceptors (Lipinski definition) is 5. The summed E-state index contributed by atoms with van der Waals surface area (Å²) in [5.74, 6) is -0.787. The first kappa shape index (κ1) is 17.7. The van der Waals surface area contributed by atoms with Gasteiger partial charge in [0.2, 0.25) is 0 Å². The van der Waals surface area contributed by atoms with Crippen LogP contribution in [0.4, 0.5) is 5.69 Å². The maximum absolute atomic E-state index is 12.3. The fraction of sp³-hybridized carbons (Fsp3) is 0.263. The van der Waals surface area contributed by atoms with Crippen molar-refractivity contribution in [1.82, 2.24) is 0 Å². The summed E-state index contributed by atoms with van der Waals surface area (Å²) in [5, 5.41) is 0. The number of nitrogens with zero attached hydrogens (tertiary/aromatic N) is 1. The average Bonchev–Trinajstić information content (AvgIpc) is 3.09. The average molecular weight is 376 g/mol. The molecule has 0 aliphatic carbocycles. The number of fused-ring (bicyclic) bond motifs is 1. The number of allylic oxidation sites excluding steroid dienone is 1. The first-order valence-corrected chi connectivity index (χ1v) is 9.01.